The molecule has 10 heteroatoms. The lowest BCUT2D eigenvalue weighted by molar-refractivity contribution is -0.137. The van der Waals surface area contributed by atoms with Crippen molar-refractivity contribution < 1.29 is 22.4 Å². The van der Waals surface area contributed by atoms with Crippen LogP contribution in [-0.4, -0.2) is 23.0 Å². The summed E-state index contributed by atoms with van der Waals surface area (Å²) in [4.78, 5) is 15.8. The Labute approximate surface area is 164 Å². The summed E-state index contributed by atoms with van der Waals surface area (Å²) in [6.07, 6.45) is -1.10. The Bertz CT molecular complexity index is 903. The van der Waals surface area contributed by atoms with Gasteiger partial charge in [-0.2, -0.15) is 13.2 Å². The second-order valence-electron chi connectivity index (χ2n) is 6.98. The number of halogens is 4. The maximum atomic E-state index is 14.5. The van der Waals surface area contributed by atoms with Crippen molar-refractivity contribution in [2.45, 2.75) is 43.9 Å². The van der Waals surface area contributed by atoms with Crippen LogP contribution >= 0.6 is 0 Å². The third-order valence-corrected chi connectivity index (χ3v) is 4.84. The Hall–Kier alpha value is -2.88. The lowest BCUT2D eigenvalue weighted by Crippen LogP contribution is -2.43. The Morgan fingerprint density at radius 3 is 2.52 bits per heavy atom. The molecule has 29 heavy (non-hydrogen) atoms. The van der Waals surface area contributed by atoms with E-state index in [1.165, 1.54) is 12.1 Å². The molecule has 0 aliphatic heterocycles. The number of nitrogens with zero attached hydrogens (tertiary/aromatic N) is 1. The largest absolute Gasteiger partial charge is 0.416 e. The van der Waals surface area contributed by atoms with Gasteiger partial charge in [-0.25, -0.2) is 9.37 Å². The predicted molar refractivity (Wildman–Crippen MR) is 101 cm³/mol. The molecule has 1 heterocycles. The average Bonchev–Trinajstić information content (AvgIpc) is 2.65. The van der Waals surface area contributed by atoms with E-state index in [0.29, 0.717) is 0 Å². The minimum absolute atomic E-state index is 0.0294. The zero-order valence-electron chi connectivity index (χ0n) is 15.4. The van der Waals surface area contributed by atoms with Crippen LogP contribution in [0.25, 0.3) is 0 Å². The van der Waals surface area contributed by atoms with Crippen molar-refractivity contribution in [1.82, 2.24) is 4.98 Å². The van der Waals surface area contributed by atoms with Crippen LogP contribution in [0.1, 0.15) is 41.6 Å². The van der Waals surface area contributed by atoms with Gasteiger partial charge >= 0.3 is 6.18 Å². The average molecular weight is 411 g/mol. The second-order valence-corrected chi connectivity index (χ2v) is 6.98. The van der Waals surface area contributed by atoms with Crippen molar-refractivity contribution in [3.63, 3.8) is 0 Å². The zero-order chi connectivity index (χ0) is 21.2. The van der Waals surface area contributed by atoms with Gasteiger partial charge in [-0.1, -0.05) is 18.9 Å². The number of nitrogens with one attached hydrogen (secondary N) is 2. The fourth-order valence-corrected chi connectivity index (χ4v) is 3.30. The number of hydrogen-bond donors (Lipinski definition) is 4. The number of pyridine rings is 1. The van der Waals surface area contributed by atoms with E-state index in [1.54, 1.807) is 0 Å². The third-order valence-electron chi connectivity index (χ3n) is 4.84. The third kappa shape index (κ3) is 4.94. The van der Waals surface area contributed by atoms with E-state index in [-0.39, 0.29) is 35.0 Å². The van der Waals surface area contributed by atoms with Gasteiger partial charge < -0.3 is 22.1 Å². The number of hydrogen-bond acceptors (Lipinski definition) is 5. The molecule has 0 bridgehead atoms. The second kappa shape index (κ2) is 8.24. The number of aromatic nitrogens is 1. The lowest BCUT2D eigenvalue weighted by atomic mass is 9.91. The summed E-state index contributed by atoms with van der Waals surface area (Å²) in [5.74, 6) is -2.06. The fourth-order valence-electron chi connectivity index (χ4n) is 3.30. The summed E-state index contributed by atoms with van der Waals surface area (Å²) >= 11 is 0. The van der Waals surface area contributed by atoms with Crippen molar-refractivity contribution in [1.29, 1.82) is 0 Å². The van der Waals surface area contributed by atoms with E-state index in [0.717, 1.165) is 43.9 Å². The number of primary amides is 1. The molecule has 1 aromatic heterocycles. The molecule has 6 N–H and O–H groups in total. The molecule has 156 valence electrons. The van der Waals surface area contributed by atoms with Crippen LogP contribution in [0.3, 0.4) is 0 Å². The number of carbonyl (C=O) groups is 1. The highest BCUT2D eigenvalue weighted by Gasteiger charge is 2.30. The van der Waals surface area contributed by atoms with Gasteiger partial charge in [0, 0.05) is 17.8 Å². The SMILES string of the molecule is NC(=O)c1cc(F)c(NC2CCCCC2N)nc1Nc1cccc(C(F)(F)F)c1. The molecule has 2 atom stereocenters. The van der Waals surface area contributed by atoms with Crippen LogP contribution in [0.5, 0.6) is 0 Å². The van der Waals surface area contributed by atoms with Gasteiger partial charge in [0.1, 0.15) is 5.82 Å². The Morgan fingerprint density at radius 2 is 1.86 bits per heavy atom. The number of benzene rings is 1. The molecular weight excluding hydrogens is 390 g/mol. The Kier molecular flexibility index (Phi) is 5.92. The number of nitrogens with two attached hydrogens (primary N) is 2. The van der Waals surface area contributed by atoms with Crippen LogP contribution < -0.4 is 22.1 Å². The van der Waals surface area contributed by atoms with Crippen LogP contribution in [0.15, 0.2) is 30.3 Å². The number of alkyl halides is 3. The first-order valence-corrected chi connectivity index (χ1v) is 9.12. The van der Waals surface area contributed by atoms with Crippen LogP contribution in [-0.2, 0) is 6.18 Å². The van der Waals surface area contributed by atoms with Crippen LogP contribution in [0, 0.1) is 5.82 Å². The number of amides is 1. The molecule has 1 saturated carbocycles. The van der Waals surface area contributed by atoms with E-state index in [9.17, 15) is 22.4 Å². The molecule has 0 radical (unpaired) electrons. The van der Waals surface area contributed by atoms with Gasteiger partial charge in [0.25, 0.3) is 5.91 Å². The summed E-state index contributed by atoms with van der Waals surface area (Å²) in [5, 5.41) is 5.58. The normalized spacial score (nSPS) is 19.6. The number of anilines is 3. The molecular formula is C19H21F4N5O. The van der Waals surface area contributed by atoms with Crippen LogP contribution in [0.4, 0.5) is 34.9 Å². The molecule has 1 aromatic carbocycles. The molecule has 1 amide bonds. The standard InChI is InChI=1S/C19H21F4N5O/c20-13-9-12(16(25)29)17(26-11-5-3-4-10(8-11)19(21,22)23)28-18(13)27-15-7-2-1-6-14(15)24/h3-5,8-9,14-15H,1-2,6-7,24H2,(H2,25,29)(H2,26,27,28). The van der Waals surface area contributed by atoms with E-state index < -0.39 is 23.5 Å². The van der Waals surface area contributed by atoms with Crippen molar-refractivity contribution in [2.24, 2.45) is 11.5 Å². The Balaban J connectivity index is 1.93. The topological polar surface area (TPSA) is 106 Å². The van der Waals surface area contributed by atoms with Crippen molar-refractivity contribution >= 4 is 23.2 Å². The van der Waals surface area contributed by atoms with Crippen molar-refractivity contribution in [3.05, 3.63) is 47.3 Å². The highest BCUT2D eigenvalue weighted by molar-refractivity contribution is 5.98. The summed E-state index contributed by atoms with van der Waals surface area (Å²) in [6.45, 7) is 0. The van der Waals surface area contributed by atoms with Gasteiger partial charge in [-0.05, 0) is 37.1 Å². The Morgan fingerprint density at radius 1 is 1.14 bits per heavy atom. The van der Waals surface area contributed by atoms with E-state index in [2.05, 4.69) is 15.6 Å². The molecule has 2 aromatic rings. The molecule has 1 fully saturated rings. The fraction of sp³-hybridized carbons (Fsp3) is 0.368. The van der Waals surface area contributed by atoms with Gasteiger partial charge in [-0.15, -0.1) is 0 Å². The van der Waals surface area contributed by atoms with E-state index in [4.69, 9.17) is 11.5 Å². The van der Waals surface area contributed by atoms with Gasteiger partial charge in [0.15, 0.2) is 11.6 Å². The number of carbonyl (C=O) groups excluding carboxylic acids is 1. The van der Waals surface area contributed by atoms with E-state index >= 15 is 0 Å². The maximum Gasteiger partial charge on any atom is 0.416 e. The quantitative estimate of drug-likeness (QED) is 0.561. The highest BCUT2D eigenvalue weighted by atomic mass is 19.4. The first kappa shape index (κ1) is 20.8. The van der Waals surface area contributed by atoms with Crippen molar-refractivity contribution in [3.8, 4) is 0 Å². The number of rotatable bonds is 5. The van der Waals surface area contributed by atoms with Gasteiger partial charge in [0.2, 0.25) is 0 Å². The molecule has 1 aliphatic carbocycles. The summed E-state index contributed by atoms with van der Waals surface area (Å²) < 4.78 is 53.3. The van der Waals surface area contributed by atoms with Gasteiger partial charge in [0.05, 0.1) is 11.1 Å². The maximum absolute atomic E-state index is 14.5. The molecule has 2 unspecified atom stereocenters. The van der Waals surface area contributed by atoms with Crippen LogP contribution in [0.2, 0.25) is 0 Å². The van der Waals surface area contributed by atoms with Crippen molar-refractivity contribution in [2.75, 3.05) is 10.6 Å². The predicted octanol–water partition coefficient (Wildman–Crippen LogP) is 3.76. The molecule has 1 aliphatic rings. The minimum Gasteiger partial charge on any atom is -0.365 e. The highest BCUT2D eigenvalue weighted by Crippen LogP contribution is 2.32. The lowest BCUT2D eigenvalue weighted by Gasteiger charge is -2.30. The van der Waals surface area contributed by atoms with Gasteiger partial charge in [-0.3, -0.25) is 4.79 Å². The summed E-state index contributed by atoms with van der Waals surface area (Å²) in [5.41, 5.74) is 10.2. The minimum atomic E-state index is -4.54. The zero-order valence-corrected chi connectivity index (χ0v) is 15.4. The molecule has 0 saturated heterocycles. The molecule has 3 rings (SSSR count). The molecule has 6 nitrogen and oxygen atoms in total. The van der Waals surface area contributed by atoms with E-state index in [1.807, 2.05) is 0 Å². The smallest absolute Gasteiger partial charge is 0.365 e. The first-order valence-electron chi connectivity index (χ1n) is 9.12. The summed E-state index contributed by atoms with van der Waals surface area (Å²) in [6, 6.07) is 4.87. The molecule has 0 spiro atoms. The monoisotopic (exact) mass is 411 g/mol. The summed E-state index contributed by atoms with van der Waals surface area (Å²) in [7, 11) is 0. The first-order chi connectivity index (χ1) is 13.6.